The lowest BCUT2D eigenvalue weighted by molar-refractivity contribution is -0.833. The van der Waals surface area contributed by atoms with Crippen LogP contribution in [0.4, 0.5) is 5.82 Å². The smallest absolute Gasteiger partial charge is 0.273 e. The molecule has 0 saturated carbocycles. The van der Waals surface area contributed by atoms with Crippen molar-refractivity contribution in [1.29, 1.82) is 0 Å². The van der Waals surface area contributed by atoms with Gasteiger partial charge in [0, 0.05) is 5.39 Å². The first-order chi connectivity index (χ1) is 9.93. The molecule has 1 N–H and O–H groups in total. The van der Waals surface area contributed by atoms with Gasteiger partial charge < -0.3 is 4.42 Å². The zero-order valence-electron chi connectivity index (χ0n) is 11.4. The minimum absolute atomic E-state index is 0.866. The first-order valence-corrected chi connectivity index (χ1v) is 7.41. The van der Waals surface area contributed by atoms with Gasteiger partial charge in [-0.15, -0.1) is 0 Å². The molecule has 1 saturated heterocycles. The lowest BCUT2D eigenvalue weighted by Gasteiger charge is -2.14. The summed E-state index contributed by atoms with van der Waals surface area (Å²) in [5, 5.41) is 1.08. The van der Waals surface area contributed by atoms with Gasteiger partial charge in [0.2, 0.25) is 5.58 Å². The summed E-state index contributed by atoms with van der Waals surface area (Å²) < 4.78 is 6.03. The normalized spacial score (nSPS) is 17.6. The van der Waals surface area contributed by atoms with Gasteiger partial charge in [-0.05, 0) is 37.8 Å². The van der Waals surface area contributed by atoms with Gasteiger partial charge in [0.1, 0.15) is 17.4 Å². The molecule has 3 aromatic rings. The van der Waals surface area contributed by atoms with Crippen LogP contribution in [0.5, 0.6) is 0 Å². The zero-order valence-corrected chi connectivity index (χ0v) is 11.4. The number of benzene rings is 1. The van der Waals surface area contributed by atoms with Crippen LogP contribution < -0.4 is 4.90 Å². The summed E-state index contributed by atoms with van der Waals surface area (Å²) in [4.78, 5) is 10.4. The highest BCUT2D eigenvalue weighted by atomic mass is 16.3. The van der Waals surface area contributed by atoms with Gasteiger partial charge in [-0.1, -0.05) is 12.1 Å². The highest BCUT2D eigenvalue weighted by molar-refractivity contribution is 6.04. The van der Waals surface area contributed by atoms with Crippen LogP contribution >= 0.6 is 0 Å². The average Bonchev–Trinajstić information content (AvgIpc) is 2.68. The minimum atomic E-state index is 0.866. The lowest BCUT2D eigenvalue weighted by atomic mass is 10.2. The second kappa shape index (κ2) is 4.87. The lowest BCUT2D eigenvalue weighted by Crippen LogP contribution is -3.07. The van der Waals surface area contributed by atoms with E-state index in [1.165, 1.54) is 30.6 Å². The maximum Gasteiger partial charge on any atom is 0.273 e. The molecule has 1 aromatic carbocycles. The maximum absolute atomic E-state index is 6.03. The molecule has 2 aromatic heterocycles. The van der Waals surface area contributed by atoms with Gasteiger partial charge in [-0.2, -0.15) is 4.98 Å². The van der Waals surface area contributed by atoms with Crippen molar-refractivity contribution < 1.29 is 9.32 Å². The van der Waals surface area contributed by atoms with Crippen molar-refractivity contribution in [2.24, 2.45) is 0 Å². The second-order valence-corrected chi connectivity index (χ2v) is 5.52. The molecule has 4 nitrogen and oxygen atoms in total. The molecular weight excluding hydrogens is 250 g/mol. The van der Waals surface area contributed by atoms with Crippen molar-refractivity contribution in [2.45, 2.75) is 25.7 Å². The number of furan rings is 1. The summed E-state index contributed by atoms with van der Waals surface area (Å²) in [7, 11) is 0. The van der Waals surface area contributed by atoms with Crippen LogP contribution in [0.2, 0.25) is 0 Å². The topological polar surface area (TPSA) is 43.4 Å². The van der Waals surface area contributed by atoms with Crippen molar-refractivity contribution in [3.63, 3.8) is 0 Å². The fraction of sp³-hybridized carbons (Fsp3) is 0.375. The van der Waals surface area contributed by atoms with E-state index in [0.717, 1.165) is 41.0 Å². The van der Waals surface area contributed by atoms with Gasteiger partial charge in [0.05, 0.1) is 13.1 Å². The molecule has 1 aliphatic heterocycles. The second-order valence-electron chi connectivity index (χ2n) is 5.52. The third kappa shape index (κ3) is 1.88. The van der Waals surface area contributed by atoms with Crippen LogP contribution in [0.25, 0.3) is 22.1 Å². The molecule has 0 atom stereocenters. The molecular formula is C16H18N3O+. The molecule has 1 fully saturated rings. The first-order valence-electron chi connectivity index (χ1n) is 7.41. The predicted molar refractivity (Wildman–Crippen MR) is 78.1 cm³/mol. The van der Waals surface area contributed by atoms with Gasteiger partial charge in [0.15, 0.2) is 0 Å². The Kier molecular flexibility index (Phi) is 2.89. The highest BCUT2D eigenvalue weighted by Gasteiger charge is 2.23. The summed E-state index contributed by atoms with van der Waals surface area (Å²) in [6, 6.07) is 8.09. The summed E-state index contributed by atoms with van der Waals surface area (Å²) in [5.41, 5.74) is 2.71. The number of nitrogens with one attached hydrogen (secondary N) is 1. The summed E-state index contributed by atoms with van der Waals surface area (Å²) in [5.74, 6) is 1.04. The highest BCUT2D eigenvalue weighted by Crippen LogP contribution is 2.28. The molecule has 0 amide bonds. The fourth-order valence-corrected chi connectivity index (χ4v) is 3.17. The molecule has 0 bridgehead atoms. The van der Waals surface area contributed by atoms with E-state index in [-0.39, 0.29) is 0 Å². The standard InChI is InChI=1S/C16H17N3O/c1-2-6-10-19(9-5-1)16-15-14(17-11-18-16)12-7-3-4-8-13(12)20-15/h3-4,7-8,11H,1-2,5-6,9-10H2/p+1. The quantitative estimate of drug-likeness (QED) is 0.737. The van der Waals surface area contributed by atoms with Crippen molar-refractivity contribution in [2.75, 3.05) is 13.1 Å². The number of quaternary nitrogens is 1. The van der Waals surface area contributed by atoms with Crippen LogP contribution in [0.3, 0.4) is 0 Å². The summed E-state index contributed by atoms with van der Waals surface area (Å²) in [6.45, 7) is 2.28. The van der Waals surface area contributed by atoms with Gasteiger partial charge in [-0.3, -0.25) is 4.90 Å². The zero-order chi connectivity index (χ0) is 13.4. The molecule has 0 aliphatic carbocycles. The van der Waals surface area contributed by atoms with E-state index in [1.54, 1.807) is 6.33 Å². The average molecular weight is 268 g/mol. The Morgan fingerprint density at radius 3 is 2.60 bits per heavy atom. The van der Waals surface area contributed by atoms with E-state index in [1.807, 2.05) is 18.2 Å². The monoisotopic (exact) mass is 268 g/mol. The Balaban J connectivity index is 1.90. The third-order valence-corrected chi connectivity index (χ3v) is 4.20. The number of hydrogen-bond acceptors (Lipinski definition) is 3. The SMILES string of the molecule is c1ccc2c(c1)oc1c([NH+]3CCCCCC3)ncnc12. The van der Waals surface area contributed by atoms with Crippen LogP contribution in [-0.4, -0.2) is 23.1 Å². The van der Waals surface area contributed by atoms with E-state index in [4.69, 9.17) is 4.42 Å². The Morgan fingerprint density at radius 1 is 0.950 bits per heavy atom. The Labute approximate surface area is 117 Å². The van der Waals surface area contributed by atoms with E-state index in [9.17, 15) is 0 Å². The summed E-state index contributed by atoms with van der Waals surface area (Å²) >= 11 is 0. The van der Waals surface area contributed by atoms with E-state index in [2.05, 4.69) is 16.0 Å². The van der Waals surface area contributed by atoms with Gasteiger partial charge >= 0.3 is 0 Å². The van der Waals surface area contributed by atoms with Crippen molar-refractivity contribution in [1.82, 2.24) is 9.97 Å². The number of fused-ring (bicyclic) bond motifs is 3. The number of hydrogen-bond donors (Lipinski definition) is 1. The minimum Gasteiger partial charge on any atom is -0.446 e. The van der Waals surface area contributed by atoms with Crippen LogP contribution in [-0.2, 0) is 0 Å². The Bertz CT molecular complexity index is 742. The third-order valence-electron chi connectivity index (χ3n) is 4.20. The van der Waals surface area contributed by atoms with E-state index < -0.39 is 0 Å². The number of rotatable bonds is 1. The van der Waals surface area contributed by atoms with Gasteiger partial charge in [0.25, 0.3) is 5.82 Å². The van der Waals surface area contributed by atoms with E-state index >= 15 is 0 Å². The molecule has 1 aliphatic rings. The number of para-hydroxylation sites is 1. The Hall–Kier alpha value is -1.94. The van der Waals surface area contributed by atoms with Crippen molar-refractivity contribution in [3.05, 3.63) is 30.6 Å². The largest absolute Gasteiger partial charge is 0.446 e. The van der Waals surface area contributed by atoms with Crippen LogP contribution in [0.15, 0.2) is 35.0 Å². The fourth-order valence-electron chi connectivity index (χ4n) is 3.17. The van der Waals surface area contributed by atoms with E-state index in [0.29, 0.717) is 0 Å². The number of aromatic nitrogens is 2. The maximum atomic E-state index is 6.03. The van der Waals surface area contributed by atoms with Crippen LogP contribution in [0, 0.1) is 0 Å². The number of nitrogens with zero attached hydrogens (tertiary/aromatic N) is 2. The molecule has 0 spiro atoms. The molecule has 4 rings (SSSR count). The molecule has 4 heteroatoms. The molecule has 20 heavy (non-hydrogen) atoms. The molecule has 102 valence electrons. The van der Waals surface area contributed by atoms with Gasteiger partial charge in [-0.25, -0.2) is 4.98 Å². The summed E-state index contributed by atoms with van der Waals surface area (Å²) in [6.07, 6.45) is 6.87. The Morgan fingerprint density at radius 2 is 1.75 bits per heavy atom. The molecule has 3 heterocycles. The van der Waals surface area contributed by atoms with Crippen LogP contribution in [0.1, 0.15) is 25.7 Å². The van der Waals surface area contributed by atoms with Crippen molar-refractivity contribution in [3.8, 4) is 0 Å². The van der Waals surface area contributed by atoms with Crippen molar-refractivity contribution >= 4 is 27.9 Å². The predicted octanol–water partition coefficient (Wildman–Crippen LogP) is 2.47. The first kappa shape index (κ1) is 11.9. The molecule has 0 radical (unpaired) electrons. The molecule has 0 unspecified atom stereocenters.